The lowest BCUT2D eigenvalue weighted by molar-refractivity contribution is -0.384. The van der Waals surface area contributed by atoms with Gasteiger partial charge in [0.15, 0.2) is 18.3 Å². The molecule has 0 bridgehead atoms. The van der Waals surface area contributed by atoms with Crippen LogP contribution in [0.15, 0.2) is 97.1 Å². The zero-order valence-electron chi connectivity index (χ0n) is 36.9. The average Bonchev–Trinajstić information content (AvgIpc) is 3.62. The molecule has 0 saturated carbocycles. The maximum absolute atomic E-state index is 13.5. The van der Waals surface area contributed by atoms with Gasteiger partial charge in [-0.25, -0.2) is 14.4 Å². The Labute approximate surface area is 387 Å². The van der Waals surface area contributed by atoms with Crippen LogP contribution >= 0.6 is 0 Å². The second-order valence-electron chi connectivity index (χ2n) is 14.9. The molecule has 1 aliphatic heterocycles. The third-order valence-corrected chi connectivity index (χ3v) is 10.2. The summed E-state index contributed by atoms with van der Waals surface area (Å²) in [5.74, 6) is -4.74. The number of anilines is 1. The lowest BCUT2D eigenvalue weighted by Gasteiger charge is -2.43. The van der Waals surface area contributed by atoms with Crippen molar-refractivity contribution in [1.82, 2.24) is 5.32 Å². The monoisotopic (exact) mass is 939 g/mol. The first-order valence-electron chi connectivity index (χ1n) is 20.8. The first-order chi connectivity index (χ1) is 32.6. The van der Waals surface area contributed by atoms with Gasteiger partial charge in [-0.05, 0) is 58.2 Å². The van der Waals surface area contributed by atoms with Crippen LogP contribution in [0.25, 0.3) is 17.2 Å². The number of benzene rings is 4. The Morgan fingerprint density at radius 2 is 1.38 bits per heavy atom. The van der Waals surface area contributed by atoms with Gasteiger partial charge in [0.2, 0.25) is 18.3 Å². The van der Waals surface area contributed by atoms with Crippen LogP contribution in [0.5, 0.6) is 11.5 Å². The maximum Gasteiger partial charge on any atom is 0.514 e. The highest BCUT2D eigenvalue weighted by Gasteiger charge is 2.56. The molecule has 2 amide bonds. The number of amides is 2. The number of nitro benzene ring substituents is 1. The molecule has 21 nitrogen and oxygen atoms in total. The molecule has 356 valence electrons. The number of rotatable bonds is 17. The predicted molar refractivity (Wildman–Crippen MR) is 235 cm³/mol. The molecule has 0 spiro atoms. The molecule has 0 unspecified atom stereocenters. The first kappa shape index (κ1) is 49.1. The van der Waals surface area contributed by atoms with E-state index in [0.29, 0.717) is 5.56 Å². The maximum atomic E-state index is 13.5. The predicted octanol–water partition coefficient (Wildman–Crippen LogP) is 5.76. The van der Waals surface area contributed by atoms with E-state index in [1.165, 1.54) is 42.5 Å². The minimum atomic E-state index is -1.78. The second-order valence-corrected chi connectivity index (χ2v) is 14.9. The van der Waals surface area contributed by atoms with E-state index in [-0.39, 0.29) is 55.0 Å². The second kappa shape index (κ2) is 22.7. The zero-order chi connectivity index (χ0) is 48.9. The van der Waals surface area contributed by atoms with Crippen LogP contribution in [0, 0.1) is 10.1 Å². The highest BCUT2D eigenvalue weighted by atomic mass is 16.7. The Kier molecular flexibility index (Phi) is 16.4. The fraction of sp³-hybridized carbons (Fsp3) is 0.298. The molecule has 2 aliphatic rings. The third-order valence-electron chi connectivity index (χ3n) is 10.2. The lowest BCUT2D eigenvalue weighted by Crippen LogP contribution is -2.64. The first-order valence-corrected chi connectivity index (χ1v) is 20.8. The largest absolute Gasteiger partial charge is 0.514 e. The Morgan fingerprint density at radius 3 is 2.00 bits per heavy atom. The Balaban J connectivity index is 1.17. The minimum Gasteiger partial charge on any atom is -0.467 e. The van der Waals surface area contributed by atoms with Gasteiger partial charge in [-0.15, -0.1) is 0 Å². The number of non-ortho nitro benzene ring substituents is 1. The average molecular weight is 940 g/mol. The van der Waals surface area contributed by atoms with Crippen molar-refractivity contribution in [2.24, 2.45) is 0 Å². The summed E-state index contributed by atoms with van der Waals surface area (Å²) in [6.45, 7) is 2.69. The van der Waals surface area contributed by atoms with E-state index in [1.54, 1.807) is 0 Å². The number of carbonyl (C=O) groups excluding carboxylic acids is 7. The van der Waals surface area contributed by atoms with Crippen molar-refractivity contribution in [2.45, 2.75) is 63.8 Å². The summed E-state index contributed by atoms with van der Waals surface area (Å²) in [7, 11) is 1.03. The summed E-state index contributed by atoms with van der Waals surface area (Å²) >= 11 is 0. The molecule has 2 N–H and O–H groups in total. The van der Waals surface area contributed by atoms with Crippen LogP contribution in [0.4, 0.5) is 21.0 Å². The smallest absolute Gasteiger partial charge is 0.467 e. The molecule has 4 aromatic rings. The van der Waals surface area contributed by atoms with Crippen molar-refractivity contribution in [3.8, 4) is 22.6 Å². The van der Waals surface area contributed by atoms with Gasteiger partial charge in [-0.2, -0.15) is 0 Å². The van der Waals surface area contributed by atoms with Gasteiger partial charge in [0, 0.05) is 51.8 Å². The summed E-state index contributed by atoms with van der Waals surface area (Å²) in [4.78, 5) is 98.8. The Bertz CT molecular complexity index is 2530. The number of fused-ring (bicyclic) bond motifs is 3. The van der Waals surface area contributed by atoms with Crippen molar-refractivity contribution in [3.63, 3.8) is 0 Å². The van der Waals surface area contributed by atoms with Crippen LogP contribution < -0.4 is 20.1 Å². The lowest BCUT2D eigenvalue weighted by atomic mass is 9.97. The van der Waals surface area contributed by atoms with Gasteiger partial charge in [-0.3, -0.25) is 29.3 Å². The van der Waals surface area contributed by atoms with E-state index < -0.39 is 77.7 Å². The molecule has 21 heteroatoms. The molecular formula is C47H45N3O18. The molecule has 5 atom stereocenters. The van der Waals surface area contributed by atoms with Crippen LogP contribution in [0.1, 0.15) is 49.8 Å². The van der Waals surface area contributed by atoms with Gasteiger partial charge in [-0.1, -0.05) is 60.7 Å². The van der Waals surface area contributed by atoms with Crippen LogP contribution in [0.2, 0.25) is 0 Å². The minimum absolute atomic E-state index is 0.00547. The molecular weight excluding hydrogens is 895 g/mol. The van der Waals surface area contributed by atoms with Crippen LogP contribution in [-0.4, -0.2) is 105 Å². The molecule has 6 rings (SSSR count). The number of nitrogens with one attached hydrogen (secondary N) is 2. The van der Waals surface area contributed by atoms with Crippen molar-refractivity contribution in [2.75, 3.05) is 32.2 Å². The summed E-state index contributed by atoms with van der Waals surface area (Å²) in [5, 5.41) is 16.2. The molecule has 1 aliphatic carbocycles. The van der Waals surface area contributed by atoms with E-state index in [1.807, 2.05) is 48.5 Å². The Morgan fingerprint density at radius 1 is 0.765 bits per heavy atom. The number of carbonyl (C=O) groups is 7. The summed E-state index contributed by atoms with van der Waals surface area (Å²) in [5.41, 5.74) is 4.33. The number of esters is 4. The van der Waals surface area contributed by atoms with Gasteiger partial charge >= 0.3 is 36.1 Å². The quantitative estimate of drug-likeness (QED) is 0.0418. The molecule has 0 aromatic heterocycles. The number of alkyl carbamates (subject to hydrolysis) is 1. The highest BCUT2D eigenvalue weighted by molar-refractivity contribution is 5.93. The number of nitrogens with zero attached hydrogens (tertiary/aromatic N) is 1. The van der Waals surface area contributed by atoms with Crippen LogP contribution in [-0.2, 0) is 57.1 Å². The van der Waals surface area contributed by atoms with Crippen molar-refractivity contribution >= 4 is 59.5 Å². The van der Waals surface area contributed by atoms with E-state index in [2.05, 4.69) is 10.6 Å². The number of hydrogen-bond donors (Lipinski definition) is 2. The highest BCUT2D eigenvalue weighted by Crippen LogP contribution is 2.44. The number of hydrogen-bond acceptors (Lipinski definition) is 18. The van der Waals surface area contributed by atoms with Crippen molar-refractivity contribution in [3.05, 3.63) is 124 Å². The number of methoxy groups -OCH3 is 1. The molecule has 0 radical (unpaired) electrons. The summed E-state index contributed by atoms with van der Waals surface area (Å²) < 4.78 is 48.8. The molecule has 1 saturated heterocycles. The number of ether oxygens (including phenoxy) is 9. The summed E-state index contributed by atoms with van der Waals surface area (Å²) in [6.07, 6.45) is -7.76. The van der Waals surface area contributed by atoms with E-state index in [9.17, 15) is 43.7 Å². The standard InChI is InChI=1S/C47H45N3O18/c1-26(51)63-40-41(64-27(2)52)43(65-28(3)53)45(68-42(40)44(55)60-4)67-38-20-15-29(10-9-23-61-47(57)66-31-18-16-30(17-19-31)50(58)59)24-37(38)49-39(54)21-22-48-46(56)62-25-36-34-13-7-5-11-32(34)33-12-6-8-14-35(33)36/h5-20,24,36,40-43,45H,21-23,25H2,1-4H3,(H,48,56)(H,49,54)/b10-9+/t40-,41-,42-,43+,45+/m0/s1. The van der Waals surface area contributed by atoms with Crippen molar-refractivity contribution < 1.29 is 81.1 Å². The van der Waals surface area contributed by atoms with Gasteiger partial charge < -0.3 is 53.3 Å². The van der Waals surface area contributed by atoms with Gasteiger partial charge in [0.1, 0.15) is 24.7 Å². The summed E-state index contributed by atoms with van der Waals surface area (Å²) in [6, 6.07) is 24.8. The topological polar surface area (TPSA) is 270 Å². The molecule has 4 aromatic carbocycles. The SMILES string of the molecule is COC(=O)[C@H]1O[C@@H](Oc2ccc(/C=C/COC(=O)Oc3ccc([N+](=O)[O-])cc3)cc2NC(=O)CCNC(=O)OCC2c3ccccc3-c3ccccc32)[C@H](OC(C)=O)[C@@H](OC(C)=O)[C@@H]1OC(C)=O. The van der Waals surface area contributed by atoms with E-state index in [0.717, 1.165) is 62.3 Å². The van der Waals surface area contributed by atoms with Gasteiger partial charge in [0.05, 0.1) is 17.7 Å². The fourth-order valence-electron chi connectivity index (χ4n) is 7.35. The van der Waals surface area contributed by atoms with Crippen LogP contribution in [0.3, 0.4) is 0 Å². The van der Waals surface area contributed by atoms with E-state index >= 15 is 0 Å². The molecule has 1 heterocycles. The Hall–Kier alpha value is -8.33. The van der Waals surface area contributed by atoms with E-state index in [4.69, 9.17) is 42.6 Å². The van der Waals surface area contributed by atoms with Crippen molar-refractivity contribution in [1.29, 1.82) is 0 Å². The molecule has 1 fully saturated rings. The third kappa shape index (κ3) is 12.7. The van der Waals surface area contributed by atoms with Gasteiger partial charge in [0.25, 0.3) is 5.69 Å². The normalized spacial score (nSPS) is 18.1. The zero-order valence-corrected chi connectivity index (χ0v) is 36.9. The fourth-order valence-corrected chi connectivity index (χ4v) is 7.35. The number of nitro groups is 1. The molecule has 68 heavy (non-hydrogen) atoms.